The molecule has 0 aliphatic carbocycles. The molecule has 24 heavy (non-hydrogen) atoms. The van der Waals surface area contributed by atoms with E-state index in [2.05, 4.69) is 29.5 Å². The highest BCUT2D eigenvalue weighted by Crippen LogP contribution is 2.26. The number of carbonyl (C=O) groups excluding carboxylic acids is 1. The first kappa shape index (κ1) is 17.0. The molecule has 2 heterocycles. The van der Waals surface area contributed by atoms with Crippen LogP contribution in [-0.4, -0.2) is 61.8 Å². The number of nitrogens with zero attached hydrogens (tertiary/aromatic N) is 3. The molecule has 0 bridgehead atoms. The zero-order chi connectivity index (χ0) is 17.1. The number of hydrogen-bond acceptors (Lipinski definition) is 4. The third-order valence-electron chi connectivity index (χ3n) is 5.10. The standard InChI is InChI=1S/C19H28N4O/c1-14-12-23(3)21-18(14)13-22(2)19(24)17-6-4-5-16(11-17)15-7-9-20-10-8-15/h4-6,11,14-15,20H,7-10,12-13H2,1-3H3. The van der Waals surface area contributed by atoms with Crippen molar-refractivity contribution in [1.82, 2.24) is 15.2 Å². The molecule has 1 aromatic rings. The molecule has 5 nitrogen and oxygen atoms in total. The quantitative estimate of drug-likeness (QED) is 0.921. The number of rotatable bonds is 4. The maximum Gasteiger partial charge on any atom is 0.253 e. The van der Waals surface area contributed by atoms with Crippen LogP contribution in [0.5, 0.6) is 0 Å². The van der Waals surface area contributed by atoms with Crippen LogP contribution in [0.4, 0.5) is 0 Å². The summed E-state index contributed by atoms with van der Waals surface area (Å²) in [6.07, 6.45) is 2.29. The lowest BCUT2D eigenvalue weighted by Crippen LogP contribution is -2.34. The van der Waals surface area contributed by atoms with E-state index >= 15 is 0 Å². The van der Waals surface area contributed by atoms with Crippen LogP contribution < -0.4 is 5.32 Å². The van der Waals surface area contributed by atoms with Crippen LogP contribution in [0.3, 0.4) is 0 Å². The topological polar surface area (TPSA) is 47.9 Å². The molecule has 130 valence electrons. The van der Waals surface area contributed by atoms with E-state index in [1.165, 1.54) is 5.56 Å². The van der Waals surface area contributed by atoms with Crippen LogP contribution in [0.15, 0.2) is 29.4 Å². The zero-order valence-electron chi connectivity index (χ0n) is 15.0. The predicted octanol–water partition coefficient (Wildman–Crippen LogP) is 2.16. The molecule has 0 radical (unpaired) electrons. The van der Waals surface area contributed by atoms with Crippen LogP contribution >= 0.6 is 0 Å². The minimum Gasteiger partial charge on any atom is -0.336 e. The van der Waals surface area contributed by atoms with Crippen molar-refractivity contribution in [3.63, 3.8) is 0 Å². The summed E-state index contributed by atoms with van der Waals surface area (Å²) >= 11 is 0. The van der Waals surface area contributed by atoms with Gasteiger partial charge in [-0.15, -0.1) is 0 Å². The van der Waals surface area contributed by atoms with E-state index in [1.807, 2.05) is 31.2 Å². The fourth-order valence-corrected chi connectivity index (χ4v) is 3.66. The summed E-state index contributed by atoms with van der Waals surface area (Å²) in [6, 6.07) is 8.18. The monoisotopic (exact) mass is 328 g/mol. The Morgan fingerprint density at radius 1 is 1.38 bits per heavy atom. The van der Waals surface area contributed by atoms with E-state index in [9.17, 15) is 4.79 Å². The van der Waals surface area contributed by atoms with Gasteiger partial charge in [-0.3, -0.25) is 9.80 Å². The summed E-state index contributed by atoms with van der Waals surface area (Å²) in [5, 5.41) is 9.88. The van der Waals surface area contributed by atoms with Crippen LogP contribution in [0.25, 0.3) is 0 Å². The average Bonchev–Trinajstić information content (AvgIpc) is 2.92. The molecule has 2 aliphatic rings. The third kappa shape index (κ3) is 3.78. The Kier molecular flexibility index (Phi) is 5.19. The van der Waals surface area contributed by atoms with Crippen LogP contribution in [0, 0.1) is 5.92 Å². The van der Waals surface area contributed by atoms with E-state index in [0.29, 0.717) is 18.4 Å². The van der Waals surface area contributed by atoms with Crippen molar-refractivity contribution in [2.45, 2.75) is 25.7 Å². The summed E-state index contributed by atoms with van der Waals surface area (Å²) in [5.41, 5.74) is 3.16. The number of piperidine rings is 1. The predicted molar refractivity (Wildman–Crippen MR) is 97.5 cm³/mol. The van der Waals surface area contributed by atoms with Gasteiger partial charge in [0.15, 0.2) is 0 Å². The van der Waals surface area contributed by atoms with Gasteiger partial charge in [0, 0.05) is 32.1 Å². The molecule has 3 rings (SSSR count). The molecule has 1 unspecified atom stereocenters. The van der Waals surface area contributed by atoms with Gasteiger partial charge in [-0.2, -0.15) is 5.10 Å². The van der Waals surface area contributed by atoms with E-state index < -0.39 is 0 Å². The first-order valence-corrected chi connectivity index (χ1v) is 8.89. The van der Waals surface area contributed by atoms with Gasteiger partial charge in [0.2, 0.25) is 0 Å². The molecule has 5 heteroatoms. The maximum atomic E-state index is 12.8. The van der Waals surface area contributed by atoms with E-state index in [0.717, 1.165) is 43.8 Å². The van der Waals surface area contributed by atoms with E-state index in [4.69, 9.17) is 0 Å². The van der Waals surface area contributed by atoms with E-state index in [1.54, 1.807) is 4.90 Å². The fourth-order valence-electron chi connectivity index (χ4n) is 3.66. The molecule has 1 fully saturated rings. The molecular formula is C19H28N4O. The number of nitrogens with one attached hydrogen (secondary N) is 1. The highest BCUT2D eigenvalue weighted by Gasteiger charge is 2.24. The Labute approximate surface area is 144 Å². The Hall–Kier alpha value is -1.88. The largest absolute Gasteiger partial charge is 0.336 e. The Bertz CT molecular complexity index is 622. The van der Waals surface area contributed by atoms with Crippen molar-refractivity contribution in [1.29, 1.82) is 0 Å². The van der Waals surface area contributed by atoms with Crippen LogP contribution in [0.2, 0.25) is 0 Å². The minimum absolute atomic E-state index is 0.0789. The molecule has 0 saturated carbocycles. The minimum atomic E-state index is 0.0789. The molecule has 1 saturated heterocycles. The Morgan fingerprint density at radius 2 is 2.12 bits per heavy atom. The van der Waals surface area contributed by atoms with Crippen molar-refractivity contribution in [3.05, 3.63) is 35.4 Å². The number of benzene rings is 1. The summed E-state index contributed by atoms with van der Waals surface area (Å²) < 4.78 is 0. The number of hydrogen-bond donors (Lipinski definition) is 1. The molecule has 1 atom stereocenters. The van der Waals surface area contributed by atoms with Crippen LogP contribution in [-0.2, 0) is 0 Å². The lowest BCUT2D eigenvalue weighted by atomic mass is 9.89. The average molecular weight is 328 g/mol. The van der Waals surface area contributed by atoms with Gasteiger partial charge < -0.3 is 10.2 Å². The van der Waals surface area contributed by atoms with Crippen molar-refractivity contribution >= 4 is 11.6 Å². The molecule has 0 spiro atoms. The molecule has 1 N–H and O–H groups in total. The second-order valence-corrected chi connectivity index (χ2v) is 7.14. The first-order valence-electron chi connectivity index (χ1n) is 8.89. The SMILES string of the molecule is CC1CN(C)N=C1CN(C)C(=O)c1cccc(C2CCNCC2)c1. The van der Waals surface area contributed by atoms with Crippen LogP contribution in [0.1, 0.15) is 41.6 Å². The maximum absolute atomic E-state index is 12.8. The lowest BCUT2D eigenvalue weighted by Gasteiger charge is -2.24. The summed E-state index contributed by atoms with van der Waals surface area (Å²) in [6.45, 7) is 5.82. The Morgan fingerprint density at radius 3 is 2.79 bits per heavy atom. The molecular weight excluding hydrogens is 300 g/mol. The van der Waals surface area contributed by atoms with Crippen molar-refractivity contribution in [2.24, 2.45) is 11.0 Å². The summed E-state index contributed by atoms with van der Waals surface area (Å²) in [4.78, 5) is 14.6. The second-order valence-electron chi connectivity index (χ2n) is 7.14. The Balaban J connectivity index is 1.69. The number of carbonyl (C=O) groups is 1. The van der Waals surface area contributed by atoms with E-state index in [-0.39, 0.29) is 5.91 Å². The first-order chi connectivity index (χ1) is 11.5. The van der Waals surface area contributed by atoms with Gasteiger partial charge in [0.25, 0.3) is 5.91 Å². The van der Waals surface area contributed by atoms with Crippen molar-refractivity contribution in [2.75, 3.05) is 40.3 Å². The molecule has 0 aromatic heterocycles. The van der Waals surface area contributed by atoms with Gasteiger partial charge >= 0.3 is 0 Å². The molecule has 1 aromatic carbocycles. The summed E-state index contributed by atoms with van der Waals surface area (Å²) in [7, 11) is 3.85. The number of hydrazone groups is 1. The highest BCUT2D eigenvalue weighted by atomic mass is 16.2. The molecule has 1 amide bonds. The third-order valence-corrected chi connectivity index (χ3v) is 5.10. The lowest BCUT2D eigenvalue weighted by molar-refractivity contribution is 0.0814. The highest BCUT2D eigenvalue weighted by molar-refractivity contribution is 5.98. The fraction of sp³-hybridized carbons (Fsp3) is 0.579. The smallest absolute Gasteiger partial charge is 0.253 e. The molecule has 2 aliphatic heterocycles. The normalized spacial score (nSPS) is 21.7. The number of amides is 1. The summed E-state index contributed by atoms with van der Waals surface area (Å²) in [5.74, 6) is 1.05. The van der Waals surface area contributed by atoms with Gasteiger partial charge in [-0.1, -0.05) is 19.1 Å². The van der Waals surface area contributed by atoms with Crippen molar-refractivity contribution in [3.8, 4) is 0 Å². The van der Waals surface area contributed by atoms with Gasteiger partial charge in [0.1, 0.15) is 0 Å². The second kappa shape index (κ2) is 7.34. The van der Waals surface area contributed by atoms with Gasteiger partial charge in [-0.05, 0) is 49.5 Å². The van der Waals surface area contributed by atoms with Crippen molar-refractivity contribution < 1.29 is 4.79 Å². The van der Waals surface area contributed by atoms with Gasteiger partial charge in [-0.25, -0.2) is 0 Å². The van der Waals surface area contributed by atoms with Gasteiger partial charge in [0.05, 0.1) is 12.3 Å². The zero-order valence-corrected chi connectivity index (χ0v) is 15.0.